The molecule has 0 aromatic heterocycles. The van der Waals surface area contributed by atoms with Gasteiger partial charge in [-0.15, -0.1) is 0 Å². The molecule has 24 heavy (non-hydrogen) atoms. The second-order valence-corrected chi connectivity index (χ2v) is 6.32. The maximum atomic E-state index is 10.9. The summed E-state index contributed by atoms with van der Waals surface area (Å²) in [7, 11) is 0. The fourth-order valence-corrected chi connectivity index (χ4v) is 2.61. The fraction of sp³-hybridized carbons (Fsp3) is 0.762. The van der Waals surface area contributed by atoms with E-state index in [1.807, 2.05) is 0 Å². The third kappa shape index (κ3) is 18.8. The van der Waals surface area contributed by atoms with Crippen LogP contribution < -0.4 is 0 Å². The zero-order valence-corrected chi connectivity index (χ0v) is 15.8. The summed E-state index contributed by atoms with van der Waals surface area (Å²) in [6, 6.07) is 0. The summed E-state index contributed by atoms with van der Waals surface area (Å²) in [4.78, 5) is 10.9. The molecule has 0 aromatic rings. The summed E-state index contributed by atoms with van der Waals surface area (Å²) in [6.45, 7) is 6.00. The van der Waals surface area contributed by atoms with Crippen molar-refractivity contribution in [3.8, 4) is 0 Å². The van der Waals surface area contributed by atoms with Crippen LogP contribution >= 0.6 is 0 Å². The smallest absolute Gasteiger partial charge is 0.434 e. The molecule has 0 heterocycles. The quantitative estimate of drug-likeness (QED) is 0.121. The molecule has 0 bridgehead atoms. The molecular formula is C21H38O3. The number of hydrogen-bond acceptors (Lipinski definition) is 3. The number of rotatable bonds is 17. The Labute approximate surface area is 149 Å². The van der Waals surface area contributed by atoms with Crippen molar-refractivity contribution in [2.45, 2.75) is 96.8 Å². The average molecular weight is 339 g/mol. The molecule has 0 radical (unpaired) electrons. The molecule has 0 rings (SSSR count). The molecule has 3 nitrogen and oxygen atoms in total. The van der Waals surface area contributed by atoms with Gasteiger partial charge in [-0.25, -0.2) is 4.79 Å². The van der Waals surface area contributed by atoms with E-state index in [1.165, 1.54) is 77.0 Å². The largest absolute Gasteiger partial charge is 0.513 e. The predicted octanol–water partition coefficient (Wildman–Crippen LogP) is 7.32. The van der Waals surface area contributed by atoms with Gasteiger partial charge in [-0.05, 0) is 32.1 Å². The van der Waals surface area contributed by atoms with Gasteiger partial charge in [-0.3, -0.25) is 0 Å². The Bertz CT molecular complexity index is 310. The van der Waals surface area contributed by atoms with Gasteiger partial charge in [0, 0.05) is 0 Å². The van der Waals surface area contributed by atoms with E-state index < -0.39 is 6.16 Å². The summed E-state index contributed by atoms with van der Waals surface area (Å²) in [5.74, 6) is 0. The van der Waals surface area contributed by atoms with Crippen LogP contribution in [0.5, 0.6) is 0 Å². The van der Waals surface area contributed by atoms with Crippen molar-refractivity contribution in [2.24, 2.45) is 0 Å². The highest BCUT2D eigenvalue weighted by atomic mass is 16.7. The van der Waals surface area contributed by atoms with Crippen molar-refractivity contribution in [3.05, 3.63) is 25.0 Å². The molecule has 0 saturated carbocycles. The number of carbonyl (C=O) groups excluding carboxylic acids is 1. The van der Waals surface area contributed by atoms with Crippen molar-refractivity contribution in [3.63, 3.8) is 0 Å². The highest BCUT2D eigenvalue weighted by molar-refractivity contribution is 5.60. The fourth-order valence-electron chi connectivity index (χ4n) is 2.61. The Kier molecular flexibility index (Phi) is 18.8. The van der Waals surface area contributed by atoms with E-state index >= 15 is 0 Å². The first-order valence-electron chi connectivity index (χ1n) is 9.90. The van der Waals surface area contributed by atoms with Crippen LogP contribution in [0, 0.1) is 0 Å². The Morgan fingerprint density at radius 3 is 1.83 bits per heavy atom. The topological polar surface area (TPSA) is 35.5 Å². The summed E-state index contributed by atoms with van der Waals surface area (Å²) in [5.41, 5.74) is 0. The lowest BCUT2D eigenvalue weighted by Crippen LogP contribution is -2.04. The van der Waals surface area contributed by atoms with E-state index in [4.69, 9.17) is 4.74 Å². The van der Waals surface area contributed by atoms with E-state index in [2.05, 4.69) is 30.4 Å². The van der Waals surface area contributed by atoms with Crippen molar-refractivity contribution in [1.82, 2.24) is 0 Å². The molecule has 0 aromatic carbocycles. The molecule has 0 spiro atoms. The molecular weight excluding hydrogens is 300 g/mol. The molecule has 0 atom stereocenters. The molecule has 140 valence electrons. The molecule has 0 amide bonds. The van der Waals surface area contributed by atoms with Crippen LogP contribution in [0.3, 0.4) is 0 Å². The minimum atomic E-state index is -0.655. The van der Waals surface area contributed by atoms with E-state index in [0.29, 0.717) is 6.61 Å². The third-order valence-corrected chi connectivity index (χ3v) is 4.06. The minimum absolute atomic E-state index is 0.438. The number of hydrogen-bond donors (Lipinski definition) is 0. The van der Waals surface area contributed by atoms with Gasteiger partial charge in [0.1, 0.15) is 0 Å². The van der Waals surface area contributed by atoms with Crippen molar-refractivity contribution in [2.75, 3.05) is 6.61 Å². The molecule has 0 unspecified atom stereocenters. The van der Waals surface area contributed by atoms with Crippen LogP contribution in [-0.2, 0) is 9.47 Å². The maximum Gasteiger partial charge on any atom is 0.513 e. The van der Waals surface area contributed by atoms with Gasteiger partial charge in [-0.1, -0.05) is 83.4 Å². The molecule has 0 fully saturated rings. The Morgan fingerprint density at radius 1 is 0.792 bits per heavy atom. The van der Waals surface area contributed by atoms with Gasteiger partial charge in [0.25, 0.3) is 0 Å². The lowest BCUT2D eigenvalue weighted by Gasteiger charge is -2.03. The van der Waals surface area contributed by atoms with Crippen molar-refractivity contribution >= 4 is 6.16 Å². The lowest BCUT2D eigenvalue weighted by atomic mass is 10.1. The molecule has 0 saturated heterocycles. The Balaban J connectivity index is 3.12. The highest BCUT2D eigenvalue weighted by Crippen LogP contribution is 2.10. The number of allylic oxidation sites excluding steroid dienone is 2. The van der Waals surface area contributed by atoms with E-state index in [1.54, 1.807) is 0 Å². The Hall–Kier alpha value is -1.25. The minimum Gasteiger partial charge on any atom is -0.434 e. The summed E-state index contributed by atoms with van der Waals surface area (Å²) >= 11 is 0. The SMILES string of the molecule is C=COC(=O)OCCCCCCCC/C=C/CCCCCCCC. The summed E-state index contributed by atoms with van der Waals surface area (Å²) < 4.78 is 9.33. The van der Waals surface area contributed by atoms with Crippen LogP contribution in [0.15, 0.2) is 25.0 Å². The normalized spacial score (nSPS) is 10.9. The zero-order chi connectivity index (χ0) is 17.7. The first-order chi connectivity index (χ1) is 11.8. The number of carbonyl (C=O) groups is 1. The van der Waals surface area contributed by atoms with E-state index in [-0.39, 0.29) is 0 Å². The van der Waals surface area contributed by atoms with Gasteiger partial charge in [0.2, 0.25) is 0 Å². The predicted molar refractivity (Wildman–Crippen MR) is 102 cm³/mol. The second kappa shape index (κ2) is 19.8. The van der Waals surface area contributed by atoms with Crippen LogP contribution in [0.4, 0.5) is 4.79 Å². The van der Waals surface area contributed by atoms with Crippen molar-refractivity contribution in [1.29, 1.82) is 0 Å². The highest BCUT2D eigenvalue weighted by Gasteiger charge is 1.99. The van der Waals surface area contributed by atoms with Crippen LogP contribution in [0.25, 0.3) is 0 Å². The van der Waals surface area contributed by atoms with Gasteiger partial charge in [0.15, 0.2) is 0 Å². The maximum absolute atomic E-state index is 10.9. The third-order valence-electron chi connectivity index (χ3n) is 4.06. The molecule has 0 aliphatic rings. The molecule has 0 aliphatic carbocycles. The second-order valence-electron chi connectivity index (χ2n) is 6.32. The summed E-state index contributed by atoms with van der Waals surface area (Å²) in [5, 5.41) is 0. The molecule has 0 aliphatic heterocycles. The van der Waals surface area contributed by atoms with Crippen LogP contribution in [-0.4, -0.2) is 12.8 Å². The van der Waals surface area contributed by atoms with Gasteiger partial charge in [0.05, 0.1) is 12.9 Å². The monoisotopic (exact) mass is 338 g/mol. The molecule has 3 heteroatoms. The first kappa shape index (κ1) is 22.8. The Morgan fingerprint density at radius 2 is 1.29 bits per heavy atom. The van der Waals surface area contributed by atoms with E-state index in [0.717, 1.165) is 19.1 Å². The van der Waals surface area contributed by atoms with Crippen LogP contribution in [0.2, 0.25) is 0 Å². The lowest BCUT2D eigenvalue weighted by molar-refractivity contribution is 0.0833. The van der Waals surface area contributed by atoms with E-state index in [9.17, 15) is 4.79 Å². The number of ether oxygens (including phenoxy) is 2. The van der Waals surface area contributed by atoms with Gasteiger partial charge in [-0.2, -0.15) is 0 Å². The standard InChI is InChI=1S/C21H38O3/c1-3-5-6-7-8-9-10-11-12-13-14-15-16-17-18-19-20-24-21(22)23-4-2/h4,11-12H,2-3,5-10,13-20H2,1H3/b12-11+. The summed E-state index contributed by atoms with van der Waals surface area (Å²) in [6.07, 6.45) is 23.0. The number of unbranched alkanes of at least 4 members (excludes halogenated alkanes) is 12. The first-order valence-corrected chi connectivity index (χ1v) is 9.90. The van der Waals surface area contributed by atoms with Crippen molar-refractivity contribution < 1.29 is 14.3 Å². The zero-order valence-electron chi connectivity index (χ0n) is 15.8. The van der Waals surface area contributed by atoms with Gasteiger partial charge >= 0.3 is 6.16 Å². The molecule has 0 N–H and O–H groups in total. The average Bonchev–Trinajstić information content (AvgIpc) is 2.58. The van der Waals surface area contributed by atoms with Crippen LogP contribution in [0.1, 0.15) is 96.8 Å². The van der Waals surface area contributed by atoms with Gasteiger partial charge < -0.3 is 9.47 Å².